The highest BCUT2D eigenvalue weighted by Crippen LogP contribution is 2.21. The van der Waals surface area contributed by atoms with E-state index in [2.05, 4.69) is 43.1 Å². The van der Waals surface area contributed by atoms with Gasteiger partial charge in [-0.3, -0.25) is 0 Å². The molecule has 1 heterocycles. The van der Waals surface area contributed by atoms with Gasteiger partial charge in [0.05, 0.1) is 6.54 Å². The summed E-state index contributed by atoms with van der Waals surface area (Å²) in [5, 5.41) is 7.75. The normalized spacial score (nSPS) is 12.3. The predicted octanol–water partition coefficient (Wildman–Crippen LogP) is 3.07. The van der Waals surface area contributed by atoms with Crippen molar-refractivity contribution in [3.05, 3.63) is 12.2 Å². The third-order valence-corrected chi connectivity index (χ3v) is 3.37. The van der Waals surface area contributed by atoms with Gasteiger partial charge in [0.2, 0.25) is 0 Å². The van der Waals surface area contributed by atoms with Gasteiger partial charge >= 0.3 is 0 Å². The van der Waals surface area contributed by atoms with E-state index in [1.807, 2.05) is 4.68 Å². The van der Waals surface area contributed by atoms with E-state index in [0.29, 0.717) is 5.92 Å². The Morgan fingerprint density at radius 1 is 1.42 bits per heavy atom. The van der Waals surface area contributed by atoms with Crippen molar-refractivity contribution in [3.8, 4) is 0 Å². The molecule has 19 heavy (non-hydrogen) atoms. The smallest absolute Gasteiger partial charge is 0.140 e. The molecule has 0 spiro atoms. The lowest BCUT2D eigenvalue weighted by atomic mass is 9.88. The molecule has 0 saturated carbocycles. The molecule has 1 N–H and O–H groups in total. The van der Waals surface area contributed by atoms with E-state index in [1.165, 1.54) is 0 Å². The van der Waals surface area contributed by atoms with Crippen LogP contribution in [0.4, 0.5) is 0 Å². The van der Waals surface area contributed by atoms with E-state index in [1.54, 1.807) is 6.33 Å². The van der Waals surface area contributed by atoms with E-state index >= 15 is 0 Å². The second-order valence-electron chi connectivity index (χ2n) is 6.31. The summed E-state index contributed by atoms with van der Waals surface area (Å²) in [4.78, 5) is 4.32. The Morgan fingerprint density at radius 2 is 2.16 bits per heavy atom. The van der Waals surface area contributed by atoms with Gasteiger partial charge in [-0.2, -0.15) is 5.10 Å². The van der Waals surface area contributed by atoms with Crippen molar-refractivity contribution in [2.75, 3.05) is 12.4 Å². The number of aromatic nitrogens is 3. The zero-order valence-electron chi connectivity index (χ0n) is 12.6. The van der Waals surface area contributed by atoms with Gasteiger partial charge in [0.25, 0.3) is 0 Å². The largest absolute Gasteiger partial charge is 0.309 e. The molecule has 5 heteroatoms. The molecule has 0 aliphatic rings. The minimum Gasteiger partial charge on any atom is -0.309 e. The van der Waals surface area contributed by atoms with E-state index in [9.17, 15) is 0 Å². The molecule has 0 unspecified atom stereocenters. The Hall–Kier alpha value is -0.610. The number of hydrogen-bond donors (Lipinski definition) is 1. The second kappa shape index (κ2) is 7.85. The maximum absolute atomic E-state index is 5.75. The SMILES string of the molecule is CC(C)Cn1ncnc1CNCC(C)(C)CCCCl. The summed E-state index contributed by atoms with van der Waals surface area (Å²) in [6, 6.07) is 0. The molecular formula is C14H27ClN4. The lowest BCUT2D eigenvalue weighted by Crippen LogP contribution is -2.30. The summed E-state index contributed by atoms with van der Waals surface area (Å²) in [5.41, 5.74) is 0.276. The maximum atomic E-state index is 5.75. The average molecular weight is 287 g/mol. The standard InChI is InChI=1S/C14H27ClN4/c1-12(2)9-19-13(17-11-18-19)8-16-10-14(3,4)6-5-7-15/h11-12,16H,5-10H2,1-4H3. The molecule has 1 aromatic rings. The molecular weight excluding hydrogens is 260 g/mol. The van der Waals surface area contributed by atoms with Crippen LogP contribution < -0.4 is 5.32 Å². The first kappa shape index (κ1) is 16.4. The lowest BCUT2D eigenvalue weighted by Gasteiger charge is -2.24. The van der Waals surface area contributed by atoms with Crippen molar-refractivity contribution < 1.29 is 0 Å². The van der Waals surface area contributed by atoms with Crippen molar-refractivity contribution in [2.24, 2.45) is 11.3 Å². The predicted molar refractivity (Wildman–Crippen MR) is 80.3 cm³/mol. The van der Waals surface area contributed by atoms with Crippen LogP contribution in [-0.2, 0) is 13.1 Å². The van der Waals surface area contributed by atoms with Gasteiger partial charge in [0, 0.05) is 19.0 Å². The number of halogens is 1. The fourth-order valence-corrected chi connectivity index (χ4v) is 2.20. The topological polar surface area (TPSA) is 42.7 Å². The molecule has 1 rings (SSSR count). The highest BCUT2D eigenvalue weighted by Gasteiger charge is 2.17. The molecule has 110 valence electrons. The Balaban J connectivity index is 2.38. The Bertz CT molecular complexity index is 360. The fraction of sp³-hybridized carbons (Fsp3) is 0.857. The van der Waals surface area contributed by atoms with Crippen LogP contribution >= 0.6 is 11.6 Å². The summed E-state index contributed by atoms with van der Waals surface area (Å²) < 4.78 is 1.99. The van der Waals surface area contributed by atoms with Gasteiger partial charge in [-0.05, 0) is 24.2 Å². The van der Waals surface area contributed by atoms with Crippen molar-refractivity contribution in [1.82, 2.24) is 20.1 Å². The van der Waals surface area contributed by atoms with Gasteiger partial charge < -0.3 is 5.32 Å². The minimum absolute atomic E-state index is 0.276. The summed E-state index contributed by atoms with van der Waals surface area (Å²) in [6.07, 6.45) is 3.85. The van der Waals surface area contributed by atoms with Gasteiger partial charge in [0.15, 0.2) is 0 Å². The molecule has 0 atom stereocenters. The monoisotopic (exact) mass is 286 g/mol. The second-order valence-corrected chi connectivity index (χ2v) is 6.69. The third-order valence-electron chi connectivity index (χ3n) is 3.11. The molecule has 0 saturated heterocycles. The van der Waals surface area contributed by atoms with E-state index in [0.717, 1.165) is 44.2 Å². The van der Waals surface area contributed by atoms with E-state index in [-0.39, 0.29) is 5.41 Å². The molecule has 4 nitrogen and oxygen atoms in total. The van der Waals surface area contributed by atoms with Gasteiger partial charge in [-0.15, -0.1) is 11.6 Å². The van der Waals surface area contributed by atoms with Crippen LogP contribution in [-0.4, -0.2) is 27.2 Å². The summed E-state index contributed by atoms with van der Waals surface area (Å²) >= 11 is 5.75. The van der Waals surface area contributed by atoms with Crippen LogP contribution in [0.25, 0.3) is 0 Å². The zero-order chi connectivity index (χ0) is 14.3. The summed E-state index contributed by atoms with van der Waals surface area (Å²) in [7, 11) is 0. The highest BCUT2D eigenvalue weighted by atomic mass is 35.5. The Morgan fingerprint density at radius 3 is 2.79 bits per heavy atom. The minimum atomic E-state index is 0.276. The maximum Gasteiger partial charge on any atom is 0.140 e. The van der Waals surface area contributed by atoms with Gasteiger partial charge in [0.1, 0.15) is 12.2 Å². The molecule has 0 radical (unpaired) electrons. The van der Waals surface area contributed by atoms with E-state index < -0.39 is 0 Å². The van der Waals surface area contributed by atoms with Crippen LogP contribution in [0.15, 0.2) is 6.33 Å². The third kappa shape index (κ3) is 6.39. The molecule has 0 aliphatic carbocycles. The number of alkyl halides is 1. The molecule has 0 aliphatic heterocycles. The number of nitrogens with one attached hydrogen (secondary N) is 1. The van der Waals surface area contributed by atoms with Crippen molar-refractivity contribution in [3.63, 3.8) is 0 Å². The summed E-state index contributed by atoms with van der Waals surface area (Å²) in [5.74, 6) is 2.34. The number of rotatable bonds is 9. The first-order valence-corrected chi connectivity index (χ1v) is 7.61. The van der Waals surface area contributed by atoms with Crippen molar-refractivity contribution in [1.29, 1.82) is 0 Å². The van der Waals surface area contributed by atoms with E-state index in [4.69, 9.17) is 11.6 Å². The number of hydrogen-bond acceptors (Lipinski definition) is 3. The van der Waals surface area contributed by atoms with Crippen molar-refractivity contribution in [2.45, 2.75) is 53.6 Å². The zero-order valence-corrected chi connectivity index (χ0v) is 13.4. The first-order chi connectivity index (χ1) is 8.94. The number of nitrogens with zero attached hydrogens (tertiary/aromatic N) is 3. The molecule has 0 aromatic carbocycles. The molecule has 0 fully saturated rings. The lowest BCUT2D eigenvalue weighted by molar-refractivity contribution is 0.308. The summed E-state index contributed by atoms with van der Waals surface area (Å²) in [6.45, 7) is 11.6. The van der Waals surface area contributed by atoms with Gasteiger partial charge in [-0.1, -0.05) is 27.7 Å². The highest BCUT2D eigenvalue weighted by molar-refractivity contribution is 6.17. The van der Waals surface area contributed by atoms with Crippen LogP contribution in [0.2, 0.25) is 0 Å². The van der Waals surface area contributed by atoms with Crippen molar-refractivity contribution >= 4 is 11.6 Å². The molecule has 0 bridgehead atoms. The quantitative estimate of drug-likeness (QED) is 0.710. The van der Waals surface area contributed by atoms with Crippen LogP contribution in [0.3, 0.4) is 0 Å². The molecule has 0 amide bonds. The van der Waals surface area contributed by atoms with Crippen LogP contribution in [0.1, 0.15) is 46.4 Å². The Kier molecular flexibility index (Phi) is 6.80. The van der Waals surface area contributed by atoms with Crippen LogP contribution in [0.5, 0.6) is 0 Å². The fourth-order valence-electron chi connectivity index (χ4n) is 2.07. The Labute approximate surface area is 121 Å². The van der Waals surface area contributed by atoms with Gasteiger partial charge in [-0.25, -0.2) is 9.67 Å². The van der Waals surface area contributed by atoms with Crippen LogP contribution in [0, 0.1) is 11.3 Å². The average Bonchev–Trinajstić information content (AvgIpc) is 2.73. The molecule has 1 aromatic heterocycles. The first-order valence-electron chi connectivity index (χ1n) is 7.08.